The number of nitrogens with two attached hydrogens (primary N) is 3. The summed E-state index contributed by atoms with van der Waals surface area (Å²) in [7, 11) is 0. The number of nitrogens with zero attached hydrogens (tertiary/aromatic N) is 1. The third-order valence-corrected chi connectivity index (χ3v) is 28.0. The zero-order chi connectivity index (χ0) is 107. The first-order valence-corrected chi connectivity index (χ1v) is 51.3. The van der Waals surface area contributed by atoms with Crippen molar-refractivity contribution in [3.8, 4) is 5.75 Å². The van der Waals surface area contributed by atoms with Crippen LogP contribution < -0.4 is 75.7 Å². The molecule has 12 rings (SSSR count). The van der Waals surface area contributed by atoms with Crippen LogP contribution in [0, 0.1) is 23.2 Å². The van der Waals surface area contributed by atoms with Gasteiger partial charge < -0.3 is 101 Å². The second-order valence-corrected chi connectivity index (χ2v) is 40.9. The van der Waals surface area contributed by atoms with Gasteiger partial charge in [-0.05, 0) is 118 Å². The van der Waals surface area contributed by atoms with Gasteiger partial charge in [0, 0.05) is 105 Å². The number of hydrogen-bond acceptors (Lipinski definition) is 26. The molecule has 7 aromatic carbocycles. The Morgan fingerprint density at radius 1 is 0.388 bits per heavy atom. The number of rotatable bonds is 22. The molecule has 13 amide bonds. The zero-order valence-electron chi connectivity index (χ0n) is 82.2. The highest BCUT2D eigenvalue weighted by atomic mass is 32.2. The van der Waals surface area contributed by atoms with Crippen LogP contribution >= 0.6 is 35.3 Å². The van der Waals surface area contributed by atoms with Gasteiger partial charge in [-0.1, -0.05) is 178 Å². The van der Waals surface area contributed by atoms with Crippen molar-refractivity contribution in [2.45, 2.75) is 234 Å². The number of primary amides is 2. The first-order chi connectivity index (χ1) is 69.7. The molecule has 0 saturated carbocycles. The number of carbonyl (C=O) groups is 20. The number of phenolic OH excluding ortho intramolecular Hbond substituents is 1. The number of fused-ring (bicyclic) bond motifs is 28. The first kappa shape index (κ1) is 116. The number of amides is 13. The minimum absolute atomic E-state index is 0.0246. The molecular weight excluding hydrogens is 1960 g/mol. The van der Waals surface area contributed by atoms with E-state index in [2.05, 4.69) is 63.4 Å². The molecule has 0 saturated heterocycles. The molecule has 43 heteroatoms. The quantitative estimate of drug-likeness (QED) is 0.0430. The number of ketones is 3. The van der Waals surface area contributed by atoms with E-state index in [-0.39, 0.29) is 47.2 Å². The van der Waals surface area contributed by atoms with Crippen LogP contribution in [-0.2, 0) is 152 Å². The summed E-state index contributed by atoms with van der Waals surface area (Å²) in [6.07, 6.45) is -9.24. The Labute approximate surface area is 861 Å². The molecule has 40 nitrogen and oxygen atoms in total. The third-order valence-electron chi connectivity index (χ3n) is 24.6. The summed E-state index contributed by atoms with van der Waals surface area (Å²) >= 11 is 3.69. The van der Waals surface area contributed by atoms with E-state index >= 15 is 33.6 Å². The molecule has 786 valence electrons. The van der Waals surface area contributed by atoms with Crippen molar-refractivity contribution in [1.82, 2.24) is 63.4 Å². The summed E-state index contributed by atoms with van der Waals surface area (Å²) in [6, 6.07) is 27.0. The van der Waals surface area contributed by atoms with Crippen molar-refractivity contribution in [2.75, 3.05) is 17.3 Å². The molecule has 5 aliphatic heterocycles. The number of aromatic hydroxyl groups is 1. The number of carboxylic acids is 4. The fraction of sp³-hybridized carbons (Fsp3) is 0.423. The van der Waals surface area contributed by atoms with E-state index in [9.17, 15) is 87.9 Å². The van der Waals surface area contributed by atoms with Crippen molar-refractivity contribution in [2.24, 2.45) is 40.4 Å². The lowest BCUT2D eigenvalue weighted by Crippen LogP contribution is -2.61. The van der Waals surface area contributed by atoms with E-state index in [1.54, 1.807) is 81.4 Å². The molecule has 0 spiro atoms. The van der Waals surface area contributed by atoms with Gasteiger partial charge in [0.15, 0.2) is 11.6 Å². The van der Waals surface area contributed by atoms with Gasteiger partial charge in [0.2, 0.25) is 76.8 Å². The van der Waals surface area contributed by atoms with Crippen LogP contribution in [-0.4, -0.2) is 238 Å². The van der Waals surface area contributed by atoms with Gasteiger partial charge in [0.05, 0.1) is 49.2 Å². The van der Waals surface area contributed by atoms with E-state index in [4.69, 9.17) is 17.2 Å². The summed E-state index contributed by atoms with van der Waals surface area (Å²) in [5.41, 5.74) is 22.4. The molecule has 1 unspecified atom stereocenters. The number of carbonyl (C=O) groups excluding carboxylic acids is 16. The summed E-state index contributed by atoms with van der Waals surface area (Å²) in [6.45, 7) is 9.78. The van der Waals surface area contributed by atoms with Crippen LogP contribution in [0.5, 0.6) is 5.75 Å². The predicted molar refractivity (Wildman–Crippen MR) is 547 cm³/mol. The second kappa shape index (κ2) is 56.3. The molecular formula is C104H127N15O25S3. The van der Waals surface area contributed by atoms with Crippen molar-refractivity contribution >= 4 is 164 Å². The number of carboxylic acid groups (broad SMARTS) is 4. The second-order valence-electron chi connectivity index (χ2n) is 37.8. The highest BCUT2D eigenvalue weighted by molar-refractivity contribution is 7.99. The lowest BCUT2D eigenvalue weighted by molar-refractivity contribution is -0.142. The Hall–Kier alpha value is -14.4. The lowest BCUT2D eigenvalue weighted by Gasteiger charge is -2.32. The Morgan fingerprint density at radius 2 is 0.796 bits per heavy atom. The average Bonchev–Trinajstić information content (AvgIpc) is 0.821. The number of nitrogens with one attached hydrogen (secondary N) is 11. The van der Waals surface area contributed by atoms with Crippen LogP contribution in [0.25, 0.3) is 10.8 Å². The van der Waals surface area contributed by atoms with E-state index in [1.807, 2.05) is 72.8 Å². The monoisotopic (exact) mass is 2080 g/mol. The normalized spacial score (nSPS) is 23.6. The molecule has 5 aliphatic rings. The fourth-order valence-corrected chi connectivity index (χ4v) is 19.6. The van der Waals surface area contributed by atoms with Crippen LogP contribution in [0.2, 0.25) is 0 Å². The molecule has 8 bridgehead atoms. The Bertz CT molecular complexity index is 5890. The Balaban J connectivity index is 1.14. The summed E-state index contributed by atoms with van der Waals surface area (Å²) in [5.74, 6) is -26.5. The smallest absolute Gasteiger partial charge is 0.305 e. The number of benzene rings is 7. The SMILES string of the molecule is C[C@H](N)C(=O)C[C@H]1CSCc2ccc(cc2)CN2Cc3ccc(cc3)CSC[C@@H](C(N)=O)CC(=O)[C@H](C(C)(C)C)NC(=O)[C@H](CC(=O)O)NC(=O)[C@H](Cc3ccc(O)cc3)NC(=O)[C@H](Cc3ccccc3)NC(=O)[C@H](CC(=O)O)NC(=O)[C@H](CCC(=O)O)NC(=O)[C@H](CSCc3ccc(cc3)C2)NC(=O)[C@@H](C)NC(=O)[C@H](Cc2cccc3ccccc23)CC(=O)[C@H](CCC(=O)O)NC(=O)[C@H](CC(N)=O)NC(=O)[C@@H](C)NC1=O. The molecule has 5 heterocycles. The number of Topliss-reactive ketones (excluding diaryl/α,β-unsaturated/α-hetero) is 3. The molecule has 0 radical (unpaired) electrons. The maximum atomic E-state index is 15.4. The van der Waals surface area contributed by atoms with Gasteiger partial charge in [0.1, 0.15) is 65.9 Å². The summed E-state index contributed by atoms with van der Waals surface area (Å²) in [4.78, 5) is 285. The zero-order valence-corrected chi connectivity index (χ0v) is 84.6. The van der Waals surface area contributed by atoms with Crippen molar-refractivity contribution in [1.29, 1.82) is 0 Å². The fourth-order valence-electron chi connectivity index (χ4n) is 16.4. The highest BCUT2D eigenvalue weighted by Gasteiger charge is 2.42. The van der Waals surface area contributed by atoms with E-state index in [1.165, 1.54) is 80.7 Å². The molecule has 0 aliphatic carbocycles. The van der Waals surface area contributed by atoms with Crippen LogP contribution in [0.1, 0.15) is 156 Å². The van der Waals surface area contributed by atoms with E-state index in [0.717, 1.165) is 39.6 Å². The summed E-state index contributed by atoms with van der Waals surface area (Å²) in [5, 5.41) is 80.0. The van der Waals surface area contributed by atoms with Crippen LogP contribution in [0.3, 0.4) is 0 Å². The predicted octanol–water partition coefficient (Wildman–Crippen LogP) is 3.73. The Morgan fingerprint density at radius 3 is 1.29 bits per heavy atom. The maximum absolute atomic E-state index is 15.4. The van der Waals surface area contributed by atoms with Gasteiger partial charge in [-0.2, -0.15) is 35.3 Å². The topological polar surface area (TPSA) is 656 Å². The van der Waals surface area contributed by atoms with E-state index in [0.29, 0.717) is 58.6 Å². The lowest BCUT2D eigenvalue weighted by atomic mass is 9.81. The largest absolute Gasteiger partial charge is 0.508 e. The van der Waals surface area contributed by atoms with Crippen molar-refractivity contribution in [3.05, 3.63) is 220 Å². The summed E-state index contributed by atoms with van der Waals surface area (Å²) < 4.78 is 0. The maximum Gasteiger partial charge on any atom is 0.305 e. The number of phenols is 1. The van der Waals surface area contributed by atoms with Crippen molar-refractivity contribution in [3.63, 3.8) is 0 Å². The van der Waals surface area contributed by atoms with Gasteiger partial charge in [-0.3, -0.25) is 101 Å². The number of aliphatic carboxylic acids is 4. The Kier molecular flexibility index (Phi) is 44.5. The number of thioether (sulfide) groups is 3. The average molecular weight is 2080 g/mol. The minimum atomic E-state index is -2.21. The van der Waals surface area contributed by atoms with E-state index < -0.39 is 284 Å². The highest BCUT2D eigenvalue weighted by Crippen LogP contribution is 2.30. The van der Waals surface area contributed by atoms with Gasteiger partial charge in [0.25, 0.3) is 0 Å². The minimum Gasteiger partial charge on any atom is -0.508 e. The van der Waals surface area contributed by atoms with Crippen LogP contribution in [0.15, 0.2) is 170 Å². The van der Waals surface area contributed by atoms with Crippen molar-refractivity contribution < 1.29 is 121 Å². The first-order valence-electron chi connectivity index (χ1n) is 47.8. The van der Waals surface area contributed by atoms with Gasteiger partial charge in [-0.25, -0.2) is 0 Å². The molecule has 0 aromatic heterocycles. The molecule has 0 fully saturated rings. The molecule has 7 aromatic rings. The third kappa shape index (κ3) is 38.2. The van der Waals surface area contributed by atoms with Gasteiger partial charge >= 0.3 is 23.9 Å². The van der Waals surface area contributed by atoms with Gasteiger partial charge in [-0.15, -0.1) is 0 Å². The standard InChI is InChI=1S/C104H127N15O25S3/c1-57(105)83(121)44-72-55-146-52-66-27-21-63(22-28-66)49-119-48-62-19-25-65(26-20-62)51-145-54-71(92(107)133)43-85(123)91(104(4,5)6)118-102(143)81(47-90(131)132)116-99(140)78(40-61-31-33-73(120)34-32-61)113-98(139)77(39-60-13-8-7-9-14-60)114-101(142)80(46-89(129)130)115-97(138)76(36-38-88(127)128)111-103(144)82(56-147-53-67-29-23-64(50-119)24-30-67)117-94(135)59(3)108-95(136)70(41-69-17-12-16-68-15-10-11-18-74(68)69)42-84(122)75(35-37-87(125)126)110-100(141)79(45-86(106)124)112-93(134)58(2)109-96(72)137/h7-34,57-59,70-72,75-82,91,120H,35-56,105H2,1-6H3,(H2,106,124)(H2,107,133)(H,108,136)(H,109,137)(H,110,141)(H,111,144)(H,112,134)(H,113,139)(H,114,142)(H,115,138)(H,116,140)(H,117,135)(H,118,143)(H,125,126)(H,127,128)(H,129,130)(H,131,132)/t57-,58+,59+,70+,71-,72-,75-,76-,77-,78-,79-,80-,81-,82-,91+/m0/s1. The molecule has 22 N–H and O–H groups in total. The molecule has 147 heavy (non-hydrogen) atoms. The number of hydrogen-bond donors (Lipinski definition) is 19. The molecule has 16 atom stereocenters. The van der Waals surface area contributed by atoms with Crippen LogP contribution in [0.4, 0.5) is 0 Å².